The SMILES string of the molecule is NC1(C(=O)N2c3ccccc3C[C@H]2C(=O)O)CCC1. The summed E-state index contributed by atoms with van der Waals surface area (Å²) in [7, 11) is 0. The quantitative estimate of drug-likeness (QED) is 0.828. The number of carboxylic acid groups (broad SMARTS) is 1. The van der Waals surface area contributed by atoms with Crippen molar-refractivity contribution in [2.45, 2.75) is 37.3 Å². The molecule has 1 heterocycles. The van der Waals surface area contributed by atoms with Crippen molar-refractivity contribution in [3.05, 3.63) is 29.8 Å². The van der Waals surface area contributed by atoms with Crippen LogP contribution >= 0.6 is 0 Å². The average molecular weight is 260 g/mol. The topological polar surface area (TPSA) is 83.6 Å². The van der Waals surface area contributed by atoms with Gasteiger partial charge in [-0.25, -0.2) is 4.79 Å². The summed E-state index contributed by atoms with van der Waals surface area (Å²) in [5.74, 6) is -1.23. The molecule has 2 aliphatic rings. The van der Waals surface area contributed by atoms with Gasteiger partial charge in [-0.2, -0.15) is 0 Å². The number of anilines is 1. The normalized spacial score (nSPS) is 23.6. The third kappa shape index (κ3) is 1.73. The molecule has 0 spiro atoms. The predicted molar refractivity (Wildman–Crippen MR) is 69.8 cm³/mol. The monoisotopic (exact) mass is 260 g/mol. The molecule has 1 aromatic carbocycles. The maximum absolute atomic E-state index is 12.6. The molecule has 3 rings (SSSR count). The molecule has 0 saturated heterocycles. The van der Waals surface area contributed by atoms with Gasteiger partial charge in [-0.15, -0.1) is 0 Å². The first-order valence-electron chi connectivity index (χ1n) is 6.46. The van der Waals surface area contributed by atoms with Gasteiger partial charge in [0.25, 0.3) is 0 Å². The lowest BCUT2D eigenvalue weighted by Crippen LogP contribution is -2.62. The number of hydrogen-bond acceptors (Lipinski definition) is 3. The van der Waals surface area contributed by atoms with Crippen LogP contribution in [-0.2, 0) is 16.0 Å². The van der Waals surface area contributed by atoms with Gasteiger partial charge in [0.1, 0.15) is 6.04 Å². The van der Waals surface area contributed by atoms with Crippen molar-refractivity contribution in [2.75, 3.05) is 4.90 Å². The Morgan fingerprint density at radius 2 is 2.00 bits per heavy atom. The molecule has 0 radical (unpaired) electrons. The summed E-state index contributed by atoms with van der Waals surface area (Å²) in [6.45, 7) is 0. The molecule has 0 aromatic heterocycles. The fourth-order valence-corrected chi connectivity index (χ4v) is 2.85. The van der Waals surface area contributed by atoms with Crippen LogP contribution in [0.25, 0.3) is 0 Å². The van der Waals surface area contributed by atoms with E-state index in [1.54, 1.807) is 6.07 Å². The van der Waals surface area contributed by atoms with E-state index in [1.807, 2.05) is 18.2 Å². The number of benzene rings is 1. The molecule has 0 bridgehead atoms. The van der Waals surface area contributed by atoms with Crippen molar-refractivity contribution < 1.29 is 14.7 Å². The van der Waals surface area contributed by atoms with Gasteiger partial charge in [0.2, 0.25) is 5.91 Å². The molecule has 5 heteroatoms. The number of aliphatic carboxylic acids is 1. The van der Waals surface area contributed by atoms with Gasteiger partial charge < -0.3 is 10.8 Å². The summed E-state index contributed by atoms with van der Waals surface area (Å²) >= 11 is 0. The van der Waals surface area contributed by atoms with Gasteiger partial charge in [0.05, 0.1) is 5.54 Å². The maximum Gasteiger partial charge on any atom is 0.327 e. The van der Waals surface area contributed by atoms with Crippen LogP contribution in [0.5, 0.6) is 0 Å². The van der Waals surface area contributed by atoms with Gasteiger partial charge in [0, 0.05) is 12.1 Å². The Kier molecular flexibility index (Phi) is 2.60. The highest BCUT2D eigenvalue weighted by atomic mass is 16.4. The van der Waals surface area contributed by atoms with E-state index in [4.69, 9.17) is 5.73 Å². The van der Waals surface area contributed by atoms with Crippen molar-refractivity contribution >= 4 is 17.6 Å². The van der Waals surface area contributed by atoms with Crippen LogP contribution in [0.2, 0.25) is 0 Å². The number of carbonyl (C=O) groups is 2. The predicted octanol–water partition coefficient (Wildman–Crippen LogP) is 0.910. The third-order valence-electron chi connectivity index (χ3n) is 4.15. The molecule has 1 fully saturated rings. The van der Waals surface area contributed by atoms with E-state index in [0.717, 1.165) is 12.0 Å². The Morgan fingerprint density at radius 3 is 2.58 bits per heavy atom. The fraction of sp³-hybridized carbons (Fsp3) is 0.429. The zero-order chi connectivity index (χ0) is 13.6. The molecule has 1 aromatic rings. The summed E-state index contributed by atoms with van der Waals surface area (Å²) in [6.07, 6.45) is 2.55. The molecule has 1 saturated carbocycles. The Balaban J connectivity index is 2.00. The largest absolute Gasteiger partial charge is 0.480 e. The van der Waals surface area contributed by atoms with Crippen LogP contribution in [0.1, 0.15) is 24.8 Å². The van der Waals surface area contributed by atoms with Crippen molar-refractivity contribution in [3.8, 4) is 0 Å². The summed E-state index contributed by atoms with van der Waals surface area (Å²) in [6, 6.07) is 6.49. The molecule has 1 aliphatic carbocycles. The summed E-state index contributed by atoms with van der Waals surface area (Å²) < 4.78 is 0. The summed E-state index contributed by atoms with van der Waals surface area (Å²) in [4.78, 5) is 25.3. The van der Waals surface area contributed by atoms with E-state index in [9.17, 15) is 14.7 Å². The molecular weight excluding hydrogens is 244 g/mol. The number of nitrogens with two attached hydrogens (primary N) is 1. The lowest BCUT2D eigenvalue weighted by Gasteiger charge is -2.40. The van der Waals surface area contributed by atoms with Gasteiger partial charge in [-0.05, 0) is 30.9 Å². The second kappa shape index (κ2) is 4.06. The second-order valence-corrected chi connectivity index (χ2v) is 5.37. The first-order valence-corrected chi connectivity index (χ1v) is 6.46. The number of amides is 1. The van der Waals surface area contributed by atoms with Crippen molar-refractivity contribution in [1.82, 2.24) is 0 Å². The van der Waals surface area contributed by atoms with Crippen LogP contribution in [-0.4, -0.2) is 28.6 Å². The zero-order valence-corrected chi connectivity index (χ0v) is 10.5. The summed E-state index contributed by atoms with van der Waals surface area (Å²) in [5.41, 5.74) is 6.78. The Hall–Kier alpha value is -1.88. The van der Waals surface area contributed by atoms with Gasteiger partial charge in [-0.3, -0.25) is 9.69 Å². The number of carboxylic acids is 1. The van der Waals surface area contributed by atoms with Crippen LogP contribution in [0.4, 0.5) is 5.69 Å². The van der Waals surface area contributed by atoms with Gasteiger partial charge >= 0.3 is 5.97 Å². The number of para-hydroxylation sites is 1. The van der Waals surface area contributed by atoms with Crippen molar-refractivity contribution in [2.24, 2.45) is 5.73 Å². The minimum absolute atomic E-state index is 0.254. The van der Waals surface area contributed by atoms with Crippen molar-refractivity contribution in [1.29, 1.82) is 0 Å². The van der Waals surface area contributed by atoms with E-state index < -0.39 is 17.6 Å². The number of fused-ring (bicyclic) bond motifs is 1. The smallest absolute Gasteiger partial charge is 0.327 e. The number of rotatable bonds is 2. The number of carbonyl (C=O) groups excluding carboxylic acids is 1. The fourth-order valence-electron chi connectivity index (χ4n) is 2.85. The minimum Gasteiger partial charge on any atom is -0.480 e. The number of hydrogen-bond donors (Lipinski definition) is 2. The Labute approximate surface area is 111 Å². The van der Waals surface area contributed by atoms with Crippen LogP contribution in [0.3, 0.4) is 0 Å². The third-order valence-corrected chi connectivity index (χ3v) is 4.15. The van der Waals surface area contributed by atoms with Gasteiger partial charge in [0.15, 0.2) is 0 Å². The zero-order valence-electron chi connectivity index (χ0n) is 10.5. The Bertz CT molecular complexity index is 551. The Morgan fingerprint density at radius 1 is 1.32 bits per heavy atom. The molecular formula is C14H16N2O3. The maximum atomic E-state index is 12.6. The molecule has 1 aliphatic heterocycles. The number of nitrogens with zero attached hydrogens (tertiary/aromatic N) is 1. The summed E-state index contributed by atoms with van der Waals surface area (Å²) in [5, 5.41) is 9.33. The average Bonchev–Trinajstić information content (AvgIpc) is 2.74. The molecule has 1 amide bonds. The molecule has 1 atom stereocenters. The van der Waals surface area contributed by atoms with E-state index in [0.29, 0.717) is 24.9 Å². The standard InChI is InChI=1S/C14H16N2O3/c15-14(6-3-7-14)13(19)16-10-5-2-1-4-9(10)8-11(16)12(17)18/h1-2,4-5,11H,3,6-8,15H2,(H,17,18)/t11-/m0/s1. The van der Waals surface area contributed by atoms with Crippen molar-refractivity contribution in [3.63, 3.8) is 0 Å². The second-order valence-electron chi connectivity index (χ2n) is 5.37. The van der Waals surface area contributed by atoms with E-state index in [-0.39, 0.29) is 5.91 Å². The van der Waals surface area contributed by atoms with E-state index in [1.165, 1.54) is 4.90 Å². The lowest BCUT2D eigenvalue weighted by atomic mass is 9.76. The molecule has 100 valence electrons. The molecule has 0 unspecified atom stereocenters. The van der Waals surface area contributed by atoms with E-state index in [2.05, 4.69) is 0 Å². The molecule has 5 nitrogen and oxygen atoms in total. The van der Waals surface area contributed by atoms with E-state index >= 15 is 0 Å². The molecule has 19 heavy (non-hydrogen) atoms. The first-order chi connectivity index (χ1) is 9.03. The minimum atomic E-state index is -0.979. The van der Waals surface area contributed by atoms with Crippen LogP contribution in [0, 0.1) is 0 Å². The lowest BCUT2D eigenvalue weighted by molar-refractivity contribution is -0.140. The highest BCUT2D eigenvalue weighted by molar-refractivity contribution is 6.06. The first kappa shape index (κ1) is 12.2. The highest BCUT2D eigenvalue weighted by Crippen LogP contribution is 2.38. The highest BCUT2D eigenvalue weighted by Gasteiger charge is 2.48. The van der Waals surface area contributed by atoms with Crippen LogP contribution in [0.15, 0.2) is 24.3 Å². The molecule has 3 N–H and O–H groups in total. The van der Waals surface area contributed by atoms with Gasteiger partial charge in [-0.1, -0.05) is 18.2 Å². The van der Waals surface area contributed by atoms with Crippen LogP contribution < -0.4 is 10.6 Å².